The van der Waals surface area contributed by atoms with Crippen LogP contribution in [-0.2, 0) is 0 Å². The van der Waals surface area contributed by atoms with Gasteiger partial charge in [-0.25, -0.2) is 9.78 Å². The molecule has 2 N–H and O–H groups in total. The van der Waals surface area contributed by atoms with Gasteiger partial charge in [0.05, 0.1) is 0 Å². The molecule has 0 bridgehead atoms. The largest absolute Gasteiger partial charge is 0.477 e. The van der Waals surface area contributed by atoms with Gasteiger partial charge in [0.15, 0.2) is 0 Å². The lowest BCUT2D eigenvalue weighted by atomic mass is 10.1. The van der Waals surface area contributed by atoms with E-state index in [0.29, 0.717) is 6.54 Å². The zero-order valence-electron chi connectivity index (χ0n) is 15.4. The third-order valence-corrected chi connectivity index (χ3v) is 4.27. The Kier molecular flexibility index (Phi) is 11.3. The van der Waals surface area contributed by atoms with Crippen LogP contribution in [0, 0.1) is 0 Å². The van der Waals surface area contributed by atoms with Gasteiger partial charge in [0.1, 0.15) is 11.4 Å². The predicted octanol–water partition coefficient (Wildman–Crippen LogP) is 4.82. The Bertz CT molecular complexity index is 517. The van der Waals surface area contributed by atoms with Crippen molar-refractivity contribution in [1.29, 1.82) is 0 Å². The first kappa shape index (κ1) is 21.1. The van der Waals surface area contributed by atoms with E-state index in [2.05, 4.69) is 17.2 Å². The van der Waals surface area contributed by atoms with Crippen LogP contribution in [0.2, 0.25) is 0 Å². The highest BCUT2D eigenvalue weighted by molar-refractivity contribution is 5.94. The van der Waals surface area contributed by atoms with Crippen LogP contribution in [0.25, 0.3) is 0 Å². The molecule has 0 spiro atoms. The molecule has 5 nitrogen and oxygen atoms in total. The number of nitrogens with one attached hydrogen (secondary N) is 1. The van der Waals surface area contributed by atoms with E-state index in [4.69, 9.17) is 5.11 Å². The van der Waals surface area contributed by atoms with Gasteiger partial charge >= 0.3 is 5.97 Å². The van der Waals surface area contributed by atoms with Gasteiger partial charge in [0, 0.05) is 6.54 Å². The summed E-state index contributed by atoms with van der Waals surface area (Å²) in [5, 5.41) is 11.7. The molecule has 140 valence electrons. The molecular formula is C20H32N2O3. The van der Waals surface area contributed by atoms with Crippen LogP contribution in [0.15, 0.2) is 18.2 Å². The van der Waals surface area contributed by atoms with Crippen molar-refractivity contribution in [3.05, 3.63) is 29.6 Å². The highest BCUT2D eigenvalue weighted by Gasteiger charge is 2.10. The maximum absolute atomic E-state index is 11.9. The quantitative estimate of drug-likeness (QED) is 0.472. The number of carboxylic acid groups (broad SMARTS) is 1. The Morgan fingerprint density at radius 2 is 1.40 bits per heavy atom. The van der Waals surface area contributed by atoms with Crippen LogP contribution in [0.5, 0.6) is 0 Å². The average molecular weight is 348 g/mol. The molecular weight excluding hydrogens is 316 g/mol. The average Bonchev–Trinajstić information content (AvgIpc) is 2.62. The van der Waals surface area contributed by atoms with Gasteiger partial charge in [-0.15, -0.1) is 0 Å². The second-order valence-electron chi connectivity index (χ2n) is 6.50. The van der Waals surface area contributed by atoms with E-state index < -0.39 is 5.97 Å². The fourth-order valence-corrected chi connectivity index (χ4v) is 2.76. The molecule has 1 rings (SSSR count). The fraction of sp³-hybridized carbons (Fsp3) is 0.650. The maximum Gasteiger partial charge on any atom is 0.354 e. The minimum Gasteiger partial charge on any atom is -0.477 e. The Balaban J connectivity index is 2.02. The van der Waals surface area contributed by atoms with Gasteiger partial charge in [-0.2, -0.15) is 0 Å². The van der Waals surface area contributed by atoms with Crippen LogP contribution in [-0.4, -0.2) is 28.5 Å². The molecule has 1 aromatic heterocycles. The molecule has 1 amide bonds. The van der Waals surface area contributed by atoms with Crippen molar-refractivity contribution in [2.24, 2.45) is 0 Å². The number of nitrogens with zero attached hydrogens (tertiary/aromatic N) is 1. The summed E-state index contributed by atoms with van der Waals surface area (Å²) >= 11 is 0. The molecule has 0 aliphatic rings. The van der Waals surface area contributed by atoms with Gasteiger partial charge < -0.3 is 10.4 Å². The summed E-state index contributed by atoms with van der Waals surface area (Å²) in [6.45, 7) is 2.85. The number of carbonyl (C=O) groups excluding carboxylic acids is 1. The number of hydrogen-bond donors (Lipinski definition) is 2. The predicted molar refractivity (Wildman–Crippen MR) is 100.0 cm³/mol. The van der Waals surface area contributed by atoms with E-state index in [1.54, 1.807) is 0 Å². The molecule has 0 saturated carbocycles. The van der Waals surface area contributed by atoms with Crippen molar-refractivity contribution in [3.63, 3.8) is 0 Å². The fourth-order valence-electron chi connectivity index (χ4n) is 2.76. The molecule has 0 aliphatic heterocycles. The minimum atomic E-state index is -1.12. The number of aromatic nitrogens is 1. The van der Waals surface area contributed by atoms with Crippen molar-refractivity contribution in [2.45, 2.75) is 77.6 Å². The minimum absolute atomic E-state index is 0.109. The Morgan fingerprint density at radius 3 is 1.96 bits per heavy atom. The van der Waals surface area contributed by atoms with Gasteiger partial charge in [-0.05, 0) is 18.6 Å². The van der Waals surface area contributed by atoms with Crippen LogP contribution < -0.4 is 5.32 Å². The molecule has 0 unspecified atom stereocenters. The van der Waals surface area contributed by atoms with Gasteiger partial charge in [-0.1, -0.05) is 77.2 Å². The molecule has 1 heterocycles. The van der Waals surface area contributed by atoms with Crippen molar-refractivity contribution in [1.82, 2.24) is 10.3 Å². The Labute approximate surface area is 151 Å². The molecule has 5 heteroatoms. The molecule has 0 aliphatic carbocycles. The first-order chi connectivity index (χ1) is 12.1. The van der Waals surface area contributed by atoms with Gasteiger partial charge in [0.2, 0.25) is 0 Å². The number of aromatic carboxylic acids is 1. The molecule has 0 fully saturated rings. The zero-order chi connectivity index (χ0) is 18.3. The van der Waals surface area contributed by atoms with Crippen LogP contribution in [0.3, 0.4) is 0 Å². The van der Waals surface area contributed by atoms with E-state index in [1.165, 1.54) is 76.0 Å². The van der Waals surface area contributed by atoms with E-state index in [-0.39, 0.29) is 17.3 Å². The monoisotopic (exact) mass is 348 g/mol. The lowest BCUT2D eigenvalue weighted by Crippen LogP contribution is -2.25. The second kappa shape index (κ2) is 13.4. The highest BCUT2D eigenvalue weighted by Crippen LogP contribution is 2.11. The van der Waals surface area contributed by atoms with E-state index in [1.807, 2.05) is 0 Å². The number of unbranched alkanes of at least 4 members (excludes halogenated alkanes) is 10. The Morgan fingerprint density at radius 1 is 0.880 bits per heavy atom. The van der Waals surface area contributed by atoms with Gasteiger partial charge in [0.25, 0.3) is 5.91 Å². The summed E-state index contributed by atoms with van der Waals surface area (Å²) in [6, 6.07) is 4.44. The lowest BCUT2D eigenvalue weighted by Gasteiger charge is -2.05. The van der Waals surface area contributed by atoms with Crippen molar-refractivity contribution in [2.75, 3.05) is 6.54 Å². The molecule has 0 atom stereocenters. The van der Waals surface area contributed by atoms with Crippen molar-refractivity contribution < 1.29 is 14.7 Å². The maximum atomic E-state index is 11.9. The number of pyridine rings is 1. The molecule has 0 aromatic carbocycles. The van der Waals surface area contributed by atoms with Crippen LogP contribution in [0.4, 0.5) is 0 Å². The second-order valence-corrected chi connectivity index (χ2v) is 6.50. The third-order valence-electron chi connectivity index (χ3n) is 4.27. The molecule has 25 heavy (non-hydrogen) atoms. The molecule has 1 aromatic rings. The lowest BCUT2D eigenvalue weighted by molar-refractivity contribution is 0.0690. The number of amides is 1. The number of carbonyl (C=O) groups is 2. The first-order valence-corrected chi connectivity index (χ1v) is 9.63. The first-order valence-electron chi connectivity index (χ1n) is 9.63. The molecule has 0 saturated heterocycles. The number of carboxylic acids is 1. The summed E-state index contributed by atoms with van der Waals surface area (Å²) in [6.07, 6.45) is 14.0. The summed E-state index contributed by atoms with van der Waals surface area (Å²) in [7, 11) is 0. The smallest absolute Gasteiger partial charge is 0.354 e. The SMILES string of the molecule is CCCCCCCCCCCCCNC(=O)c1cccc(C(=O)O)n1. The normalized spacial score (nSPS) is 10.6. The number of rotatable bonds is 14. The summed E-state index contributed by atoms with van der Waals surface area (Å²) in [5.74, 6) is -1.44. The van der Waals surface area contributed by atoms with Crippen LogP contribution in [0.1, 0.15) is 98.5 Å². The summed E-state index contributed by atoms with van der Waals surface area (Å²) < 4.78 is 0. The van der Waals surface area contributed by atoms with Crippen molar-refractivity contribution in [3.8, 4) is 0 Å². The van der Waals surface area contributed by atoms with Gasteiger partial charge in [-0.3, -0.25) is 4.79 Å². The van der Waals surface area contributed by atoms with Crippen LogP contribution >= 0.6 is 0 Å². The Hall–Kier alpha value is -1.91. The topological polar surface area (TPSA) is 79.3 Å². The summed E-state index contributed by atoms with van der Waals surface area (Å²) in [5.41, 5.74) is 0.0466. The number of hydrogen-bond acceptors (Lipinski definition) is 3. The summed E-state index contributed by atoms with van der Waals surface area (Å²) in [4.78, 5) is 26.6. The van der Waals surface area contributed by atoms with Crippen molar-refractivity contribution >= 4 is 11.9 Å². The highest BCUT2D eigenvalue weighted by atomic mass is 16.4. The van der Waals surface area contributed by atoms with E-state index in [9.17, 15) is 9.59 Å². The third kappa shape index (κ3) is 9.85. The standard InChI is InChI=1S/C20H32N2O3/c1-2-3-4-5-6-7-8-9-10-11-12-16-21-19(23)17-14-13-15-18(22-17)20(24)25/h13-15H,2-12,16H2,1H3,(H,21,23)(H,24,25). The van der Waals surface area contributed by atoms with E-state index >= 15 is 0 Å². The zero-order valence-corrected chi connectivity index (χ0v) is 15.4. The molecule has 0 radical (unpaired) electrons. The van der Waals surface area contributed by atoms with E-state index in [0.717, 1.165) is 12.8 Å².